The Balaban J connectivity index is 2.70. The summed E-state index contributed by atoms with van der Waals surface area (Å²) in [6.45, 7) is 2.27. The summed E-state index contributed by atoms with van der Waals surface area (Å²) in [7, 11) is 0. The molecule has 0 unspecified atom stereocenters. The van der Waals surface area contributed by atoms with Crippen molar-refractivity contribution in [3.05, 3.63) is 33.9 Å². The monoisotopic (exact) mass is 253 g/mol. The third kappa shape index (κ3) is 1.47. The van der Waals surface area contributed by atoms with Crippen molar-refractivity contribution in [1.29, 1.82) is 0 Å². The van der Waals surface area contributed by atoms with Crippen LogP contribution in [0.1, 0.15) is 11.1 Å². The van der Waals surface area contributed by atoms with Gasteiger partial charge in [0.2, 0.25) is 0 Å². The molecular formula is C11H12BrNO. The summed E-state index contributed by atoms with van der Waals surface area (Å²) in [6.07, 6.45) is 2.67. The minimum atomic E-state index is 0.188. The van der Waals surface area contributed by atoms with Gasteiger partial charge in [-0.15, -0.1) is 0 Å². The van der Waals surface area contributed by atoms with Crippen LogP contribution < -0.4 is 0 Å². The smallest absolute Gasteiger partial charge is 0.0497 e. The number of aromatic nitrogens is 1. The van der Waals surface area contributed by atoms with Gasteiger partial charge in [-0.25, -0.2) is 0 Å². The van der Waals surface area contributed by atoms with Crippen molar-refractivity contribution in [2.45, 2.75) is 13.3 Å². The van der Waals surface area contributed by atoms with Gasteiger partial charge in [-0.3, -0.25) is 0 Å². The zero-order valence-corrected chi connectivity index (χ0v) is 9.56. The normalized spacial score (nSPS) is 11.1. The summed E-state index contributed by atoms with van der Waals surface area (Å²) in [5, 5.41) is 10.1. The average Bonchev–Trinajstić information content (AvgIpc) is 2.58. The van der Waals surface area contributed by atoms with Gasteiger partial charge in [0.25, 0.3) is 0 Å². The molecule has 0 bridgehead atoms. The van der Waals surface area contributed by atoms with Crippen LogP contribution in [0.25, 0.3) is 10.9 Å². The maximum atomic E-state index is 8.93. The van der Waals surface area contributed by atoms with Crippen molar-refractivity contribution in [2.24, 2.45) is 0 Å². The number of benzene rings is 1. The van der Waals surface area contributed by atoms with Crippen LogP contribution in [0.15, 0.2) is 22.8 Å². The van der Waals surface area contributed by atoms with Gasteiger partial charge in [0.1, 0.15) is 0 Å². The molecule has 2 rings (SSSR count). The zero-order valence-electron chi connectivity index (χ0n) is 7.97. The number of hydrogen-bond donors (Lipinski definition) is 2. The zero-order chi connectivity index (χ0) is 10.1. The number of rotatable bonds is 2. The minimum absolute atomic E-state index is 0.188. The van der Waals surface area contributed by atoms with Crippen LogP contribution in [0.3, 0.4) is 0 Å². The lowest BCUT2D eigenvalue weighted by Gasteiger charge is -2.01. The lowest BCUT2D eigenvalue weighted by atomic mass is 10.1. The standard InChI is InChI=1S/C11H12BrNO/c1-7-2-3-9(12)10-8(4-5-14)6-13-11(7)10/h2-3,6,13-14H,4-5H2,1H3. The summed E-state index contributed by atoms with van der Waals surface area (Å²) in [4.78, 5) is 3.24. The summed E-state index contributed by atoms with van der Waals surface area (Å²) < 4.78 is 1.09. The summed E-state index contributed by atoms with van der Waals surface area (Å²) in [5.74, 6) is 0. The van der Waals surface area contributed by atoms with E-state index in [1.807, 2.05) is 12.3 Å². The molecule has 0 radical (unpaired) electrons. The molecule has 0 amide bonds. The number of aliphatic hydroxyl groups excluding tert-OH is 1. The second-order valence-corrected chi connectivity index (χ2v) is 4.26. The summed E-state index contributed by atoms with van der Waals surface area (Å²) >= 11 is 3.53. The lowest BCUT2D eigenvalue weighted by molar-refractivity contribution is 0.300. The Kier molecular flexibility index (Phi) is 2.61. The van der Waals surface area contributed by atoms with E-state index < -0.39 is 0 Å². The Hall–Kier alpha value is -0.800. The first kappa shape index (κ1) is 9.74. The number of halogens is 1. The third-order valence-corrected chi connectivity index (χ3v) is 3.12. The topological polar surface area (TPSA) is 36.0 Å². The summed E-state index contributed by atoms with van der Waals surface area (Å²) in [6, 6.07) is 4.12. The molecule has 14 heavy (non-hydrogen) atoms. The number of H-pyrrole nitrogens is 1. The van der Waals surface area contributed by atoms with Gasteiger partial charge < -0.3 is 10.1 Å². The fraction of sp³-hybridized carbons (Fsp3) is 0.273. The van der Waals surface area contributed by atoms with Crippen LogP contribution in [0.2, 0.25) is 0 Å². The fourth-order valence-electron chi connectivity index (χ4n) is 1.73. The van der Waals surface area contributed by atoms with E-state index in [1.165, 1.54) is 10.9 Å². The number of aliphatic hydroxyl groups is 1. The first-order valence-corrected chi connectivity index (χ1v) is 5.39. The number of fused-ring (bicyclic) bond motifs is 1. The van der Waals surface area contributed by atoms with Gasteiger partial charge in [0.05, 0.1) is 0 Å². The predicted octanol–water partition coefficient (Wildman–Crippen LogP) is 2.77. The van der Waals surface area contributed by atoms with E-state index in [0.29, 0.717) is 6.42 Å². The molecule has 1 aromatic heterocycles. The largest absolute Gasteiger partial charge is 0.396 e. The van der Waals surface area contributed by atoms with Crippen LogP contribution >= 0.6 is 15.9 Å². The van der Waals surface area contributed by atoms with Gasteiger partial charge in [0.15, 0.2) is 0 Å². The van der Waals surface area contributed by atoms with Crippen molar-refractivity contribution >= 4 is 26.8 Å². The predicted molar refractivity (Wildman–Crippen MR) is 61.5 cm³/mol. The molecule has 3 heteroatoms. The molecule has 0 fully saturated rings. The number of aromatic amines is 1. The second-order valence-electron chi connectivity index (χ2n) is 3.40. The van der Waals surface area contributed by atoms with Crippen LogP contribution in [0.5, 0.6) is 0 Å². The van der Waals surface area contributed by atoms with Crippen molar-refractivity contribution in [1.82, 2.24) is 4.98 Å². The highest BCUT2D eigenvalue weighted by atomic mass is 79.9. The fourth-order valence-corrected chi connectivity index (χ4v) is 2.32. The third-order valence-electron chi connectivity index (χ3n) is 2.46. The van der Waals surface area contributed by atoms with Crippen LogP contribution in [0.4, 0.5) is 0 Å². The highest BCUT2D eigenvalue weighted by molar-refractivity contribution is 9.10. The molecule has 0 saturated heterocycles. The lowest BCUT2D eigenvalue weighted by Crippen LogP contribution is -1.88. The molecule has 2 aromatic rings. The Morgan fingerprint density at radius 3 is 2.93 bits per heavy atom. The van der Waals surface area contributed by atoms with Gasteiger partial charge in [-0.2, -0.15) is 0 Å². The molecular weight excluding hydrogens is 242 g/mol. The van der Waals surface area contributed by atoms with E-state index in [0.717, 1.165) is 15.6 Å². The van der Waals surface area contributed by atoms with Crippen LogP contribution in [-0.2, 0) is 6.42 Å². The van der Waals surface area contributed by atoms with Crippen LogP contribution in [-0.4, -0.2) is 16.7 Å². The Bertz CT molecular complexity index is 462. The SMILES string of the molecule is Cc1ccc(Br)c2c(CCO)c[nH]c12. The number of nitrogens with one attached hydrogen (secondary N) is 1. The number of aryl methyl sites for hydroxylation is 1. The van der Waals surface area contributed by atoms with Crippen molar-refractivity contribution in [3.63, 3.8) is 0 Å². The highest BCUT2D eigenvalue weighted by Crippen LogP contribution is 2.29. The van der Waals surface area contributed by atoms with Crippen molar-refractivity contribution in [2.75, 3.05) is 6.61 Å². The van der Waals surface area contributed by atoms with Crippen molar-refractivity contribution in [3.8, 4) is 0 Å². The van der Waals surface area contributed by atoms with E-state index in [2.05, 4.69) is 33.9 Å². The van der Waals surface area contributed by atoms with Crippen LogP contribution in [0, 0.1) is 6.92 Å². The molecule has 0 saturated carbocycles. The first-order valence-electron chi connectivity index (χ1n) is 4.60. The van der Waals surface area contributed by atoms with Gasteiger partial charge in [-0.05, 0) is 30.5 Å². The van der Waals surface area contributed by atoms with Gasteiger partial charge in [0, 0.05) is 28.2 Å². The maximum absolute atomic E-state index is 8.93. The Morgan fingerprint density at radius 2 is 2.21 bits per heavy atom. The van der Waals surface area contributed by atoms with E-state index in [-0.39, 0.29) is 6.61 Å². The highest BCUT2D eigenvalue weighted by Gasteiger charge is 2.08. The van der Waals surface area contributed by atoms with Gasteiger partial charge in [-0.1, -0.05) is 22.0 Å². The molecule has 74 valence electrons. The molecule has 2 N–H and O–H groups in total. The Morgan fingerprint density at radius 1 is 1.43 bits per heavy atom. The van der Waals surface area contributed by atoms with E-state index in [4.69, 9.17) is 5.11 Å². The minimum Gasteiger partial charge on any atom is -0.396 e. The maximum Gasteiger partial charge on any atom is 0.0497 e. The Labute approximate surface area is 91.1 Å². The molecule has 0 aliphatic rings. The van der Waals surface area contributed by atoms with E-state index in [1.54, 1.807) is 0 Å². The molecule has 0 aliphatic carbocycles. The molecule has 0 spiro atoms. The van der Waals surface area contributed by atoms with Gasteiger partial charge >= 0.3 is 0 Å². The average molecular weight is 254 g/mol. The van der Waals surface area contributed by atoms with Crippen molar-refractivity contribution < 1.29 is 5.11 Å². The van der Waals surface area contributed by atoms with E-state index >= 15 is 0 Å². The molecule has 0 atom stereocenters. The summed E-state index contributed by atoms with van der Waals surface area (Å²) in [5.41, 5.74) is 3.55. The molecule has 2 nitrogen and oxygen atoms in total. The molecule has 0 aliphatic heterocycles. The molecule has 1 heterocycles. The molecule has 1 aromatic carbocycles. The first-order chi connectivity index (χ1) is 6.74. The second kappa shape index (κ2) is 3.75. The number of hydrogen-bond acceptors (Lipinski definition) is 1. The van der Waals surface area contributed by atoms with E-state index in [9.17, 15) is 0 Å². The quantitative estimate of drug-likeness (QED) is 0.849.